The fraction of sp³-hybridized carbons (Fsp3) is 0.857. The number of hydrogen-bond acceptors (Lipinski definition) is 4. The van der Waals surface area contributed by atoms with Crippen molar-refractivity contribution < 1.29 is 4.52 Å². The lowest BCUT2D eigenvalue weighted by Gasteiger charge is -2.34. The van der Waals surface area contributed by atoms with Gasteiger partial charge in [0.2, 0.25) is 5.89 Å². The van der Waals surface area contributed by atoms with E-state index in [1.54, 1.807) is 0 Å². The molecule has 18 heavy (non-hydrogen) atoms. The first-order valence-electron chi connectivity index (χ1n) is 7.36. The maximum Gasteiger partial charge on any atom is 0.234 e. The standard InChI is InChI=1S/C14H23N3O/c1-2-6-14(7-3-8-15-10-14)13-16-12(17-18-13)9-11-4-5-11/h11,15H,2-10H2,1H3. The summed E-state index contributed by atoms with van der Waals surface area (Å²) in [6.45, 7) is 4.35. The molecule has 4 heteroatoms. The van der Waals surface area contributed by atoms with Gasteiger partial charge >= 0.3 is 0 Å². The maximum absolute atomic E-state index is 5.59. The summed E-state index contributed by atoms with van der Waals surface area (Å²) < 4.78 is 5.59. The van der Waals surface area contributed by atoms with E-state index in [1.165, 1.54) is 32.1 Å². The molecule has 0 amide bonds. The van der Waals surface area contributed by atoms with Crippen LogP contribution in [-0.4, -0.2) is 23.2 Å². The number of hydrogen-bond donors (Lipinski definition) is 1. The number of aromatic nitrogens is 2. The summed E-state index contributed by atoms with van der Waals surface area (Å²) in [4.78, 5) is 4.69. The molecular formula is C14H23N3O. The van der Waals surface area contributed by atoms with Gasteiger partial charge < -0.3 is 9.84 Å². The normalized spacial score (nSPS) is 28.5. The van der Waals surface area contributed by atoms with Crippen LogP contribution in [0.5, 0.6) is 0 Å². The number of nitrogens with one attached hydrogen (secondary N) is 1. The highest BCUT2D eigenvalue weighted by Crippen LogP contribution is 2.36. The Hall–Kier alpha value is -0.900. The minimum absolute atomic E-state index is 0.0990. The first-order chi connectivity index (χ1) is 8.82. The van der Waals surface area contributed by atoms with Crippen LogP contribution in [-0.2, 0) is 11.8 Å². The molecule has 1 saturated heterocycles. The van der Waals surface area contributed by atoms with Crippen LogP contribution in [0, 0.1) is 5.92 Å². The molecule has 1 saturated carbocycles. The molecule has 0 radical (unpaired) electrons. The summed E-state index contributed by atoms with van der Waals surface area (Å²) in [7, 11) is 0. The minimum Gasteiger partial charge on any atom is -0.339 e. The molecular weight excluding hydrogens is 226 g/mol. The predicted octanol–water partition coefficient (Wildman–Crippen LogP) is 2.44. The quantitative estimate of drug-likeness (QED) is 0.871. The van der Waals surface area contributed by atoms with Crippen LogP contribution >= 0.6 is 0 Å². The number of piperidine rings is 1. The van der Waals surface area contributed by atoms with Gasteiger partial charge in [0.15, 0.2) is 5.82 Å². The van der Waals surface area contributed by atoms with Crippen LogP contribution in [0.4, 0.5) is 0 Å². The lowest BCUT2D eigenvalue weighted by molar-refractivity contribution is 0.213. The van der Waals surface area contributed by atoms with Crippen molar-refractivity contribution >= 4 is 0 Å². The van der Waals surface area contributed by atoms with Gasteiger partial charge in [-0.25, -0.2) is 0 Å². The van der Waals surface area contributed by atoms with Gasteiger partial charge in [-0.1, -0.05) is 18.5 Å². The van der Waals surface area contributed by atoms with Crippen LogP contribution < -0.4 is 5.32 Å². The van der Waals surface area contributed by atoms with E-state index in [0.29, 0.717) is 0 Å². The summed E-state index contributed by atoms with van der Waals surface area (Å²) in [6, 6.07) is 0. The largest absolute Gasteiger partial charge is 0.339 e. The summed E-state index contributed by atoms with van der Waals surface area (Å²) in [5, 5.41) is 7.68. The fourth-order valence-corrected chi connectivity index (χ4v) is 3.08. The van der Waals surface area contributed by atoms with E-state index >= 15 is 0 Å². The first-order valence-corrected chi connectivity index (χ1v) is 7.36. The molecule has 2 heterocycles. The van der Waals surface area contributed by atoms with Crippen molar-refractivity contribution in [1.29, 1.82) is 0 Å². The molecule has 1 aromatic rings. The van der Waals surface area contributed by atoms with Crippen molar-refractivity contribution in [3.8, 4) is 0 Å². The molecule has 1 atom stereocenters. The average molecular weight is 249 g/mol. The van der Waals surface area contributed by atoms with Crippen molar-refractivity contribution in [3.05, 3.63) is 11.7 Å². The highest BCUT2D eigenvalue weighted by molar-refractivity contribution is 5.09. The van der Waals surface area contributed by atoms with E-state index in [-0.39, 0.29) is 5.41 Å². The second kappa shape index (κ2) is 5.00. The molecule has 3 rings (SSSR count). The van der Waals surface area contributed by atoms with Gasteiger partial charge in [0.1, 0.15) is 0 Å². The Kier molecular flexibility index (Phi) is 3.37. The van der Waals surface area contributed by atoms with Gasteiger partial charge in [0, 0.05) is 13.0 Å². The van der Waals surface area contributed by atoms with Crippen LogP contribution in [0.15, 0.2) is 4.52 Å². The highest BCUT2D eigenvalue weighted by atomic mass is 16.5. The Balaban J connectivity index is 1.77. The smallest absolute Gasteiger partial charge is 0.234 e. The van der Waals surface area contributed by atoms with Gasteiger partial charge in [0.05, 0.1) is 5.41 Å². The second-order valence-corrected chi connectivity index (χ2v) is 5.97. The van der Waals surface area contributed by atoms with Crippen molar-refractivity contribution in [3.63, 3.8) is 0 Å². The summed E-state index contributed by atoms with van der Waals surface area (Å²) in [6.07, 6.45) is 8.39. The van der Waals surface area contributed by atoms with E-state index in [4.69, 9.17) is 4.52 Å². The van der Waals surface area contributed by atoms with Gasteiger partial charge in [-0.05, 0) is 44.6 Å². The molecule has 100 valence electrons. The number of nitrogens with zero attached hydrogens (tertiary/aromatic N) is 2. The van der Waals surface area contributed by atoms with E-state index in [9.17, 15) is 0 Å². The fourth-order valence-electron chi connectivity index (χ4n) is 3.08. The van der Waals surface area contributed by atoms with Crippen molar-refractivity contribution in [2.45, 2.75) is 57.3 Å². The molecule has 0 spiro atoms. The van der Waals surface area contributed by atoms with Crippen LogP contribution in [0.2, 0.25) is 0 Å². The average Bonchev–Trinajstić information content (AvgIpc) is 3.06. The van der Waals surface area contributed by atoms with Gasteiger partial charge in [-0.3, -0.25) is 0 Å². The summed E-state index contributed by atoms with van der Waals surface area (Å²) >= 11 is 0. The third kappa shape index (κ3) is 2.44. The minimum atomic E-state index is 0.0990. The lowest BCUT2D eigenvalue weighted by atomic mass is 9.77. The number of rotatable bonds is 5. The zero-order valence-corrected chi connectivity index (χ0v) is 11.2. The van der Waals surface area contributed by atoms with Crippen LogP contribution in [0.1, 0.15) is 57.2 Å². The molecule has 1 unspecified atom stereocenters. The Labute approximate surface area is 109 Å². The Morgan fingerprint density at radius 3 is 3.00 bits per heavy atom. The van der Waals surface area contributed by atoms with E-state index in [2.05, 4.69) is 22.4 Å². The van der Waals surface area contributed by atoms with E-state index < -0.39 is 0 Å². The van der Waals surface area contributed by atoms with Gasteiger partial charge in [-0.15, -0.1) is 0 Å². The van der Waals surface area contributed by atoms with Gasteiger partial charge in [-0.2, -0.15) is 4.98 Å². The Morgan fingerprint density at radius 2 is 2.33 bits per heavy atom. The van der Waals surface area contributed by atoms with Crippen LogP contribution in [0.3, 0.4) is 0 Å². The monoisotopic (exact) mass is 249 g/mol. The molecule has 1 N–H and O–H groups in total. The predicted molar refractivity (Wildman–Crippen MR) is 69.4 cm³/mol. The first kappa shape index (κ1) is 12.2. The topological polar surface area (TPSA) is 51.0 Å². The highest BCUT2D eigenvalue weighted by Gasteiger charge is 2.38. The SMILES string of the molecule is CCCC1(c2nc(CC3CC3)no2)CCCNC1. The Morgan fingerprint density at radius 1 is 1.44 bits per heavy atom. The molecule has 0 bridgehead atoms. The van der Waals surface area contributed by atoms with Gasteiger partial charge in [0.25, 0.3) is 0 Å². The zero-order valence-electron chi connectivity index (χ0n) is 11.2. The van der Waals surface area contributed by atoms with E-state index in [1.807, 2.05) is 0 Å². The molecule has 1 aliphatic heterocycles. The van der Waals surface area contributed by atoms with E-state index in [0.717, 1.165) is 43.6 Å². The van der Waals surface area contributed by atoms with Crippen molar-refractivity contribution in [2.75, 3.05) is 13.1 Å². The summed E-state index contributed by atoms with van der Waals surface area (Å²) in [5.41, 5.74) is 0.0990. The lowest BCUT2D eigenvalue weighted by Crippen LogP contribution is -2.43. The zero-order chi connectivity index (χ0) is 12.4. The third-order valence-electron chi connectivity index (χ3n) is 4.29. The maximum atomic E-state index is 5.59. The van der Waals surface area contributed by atoms with Crippen LogP contribution in [0.25, 0.3) is 0 Å². The van der Waals surface area contributed by atoms with Crippen molar-refractivity contribution in [2.24, 2.45) is 5.92 Å². The molecule has 4 nitrogen and oxygen atoms in total. The third-order valence-corrected chi connectivity index (χ3v) is 4.29. The second-order valence-electron chi connectivity index (χ2n) is 5.97. The molecule has 2 fully saturated rings. The molecule has 1 aromatic heterocycles. The van der Waals surface area contributed by atoms with Crippen molar-refractivity contribution in [1.82, 2.24) is 15.5 Å². The Bertz CT molecular complexity index is 386. The molecule has 1 aliphatic carbocycles. The molecule has 0 aromatic carbocycles. The molecule has 2 aliphatic rings. The summed E-state index contributed by atoms with van der Waals surface area (Å²) in [5.74, 6) is 2.63.